The van der Waals surface area contributed by atoms with Gasteiger partial charge < -0.3 is 10.3 Å². The van der Waals surface area contributed by atoms with Gasteiger partial charge in [-0.05, 0) is 38.1 Å². The van der Waals surface area contributed by atoms with Crippen LogP contribution in [0.1, 0.15) is 25.5 Å². The summed E-state index contributed by atoms with van der Waals surface area (Å²) in [6.07, 6.45) is 1.34. The maximum Gasteiger partial charge on any atom is 0.274 e. The summed E-state index contributed by atoms with van der Waals surface area (Å²) < 4.78 is 1.36. The third kappa shape index (κ3) is 3.29. The SMILES string of the molecule is CCn1nc(C(C)C(=O)Nc2ccc3nc[nH]c(=O)c3c2)c2ccccc2c1=O. The largest absolute Gasteiger partial charge is 0.325 e. The van der Waals surface area contributed by atoms with Gasteiger partial charge in [-0.1, -0.05) is 18.2 Å². The minimum Gasteiger partial charge on any atom is -0.325 e. The molecule has 1 amide bonds. The zero-order valence-corrected chi connectivity index (χ0v) is 16.0. The van der Waals surface area contributed by atoms with Crippen molar-refractivity contribution in [2.75, 3.05) is 5.32 Å². The Morgan fingerprint density at radius 2 is 1.90 bits per heavy atom. The molecule has 0 saturated carbocycles. The van der Waals surface area contributed by atoms with Gasteiger partial charge in [0, 0.05) is 17.6 Å². The first-order valence-corrected chi connectivity index (χ1v) is 9.27. The first-order valence-electron chi connectivity index (χ1n) is 9.27. The van der Waals surface area contributed by atoms with E-state index in [1.165, 1.54) is 11.0 Å². The number of benzene rings is 2. The van der Waals surface area contributed by atoms with Crippen molar-refractivity contribution in [3.8, 4) is 0 Å². The molecule has 1 unspecified atom stereocenters. The molecule has 2 N–H and O–H groups in total. The highest BCUT2D eigenvalue weighted by molar-refractivity contribution is 5.99. The molecule has 0 aliphatic heterocycles. The second kappa shape index (κ2) is 7.31. The number of carbonyl (C=O) groups excluding carboxylic acids is 1. The number of carbonyl (C=O) groups is 1. The van der Waals surface area contributed by atoms with Gasteiger partial charge in [0.05, 0.1) is 34.2 Å². The van der Waals surface area contributed by atoms with E-state index in [1.807, 2.05) is 13.0 Å². The minimum atomic E-state index is -0.610. The maximum atomic E-state index is 12.9. The molecule has 0 fully saturated rings. The summed E-state index contributed by atoms with van der Waals surface area (Å²) in [5.41, 5.74) is 1.10. The van der Waals surface area contributed by atoms with E-state index in [2.05, 4.69) is 20.4 Å². The monoisotopic (exact) mass is 389 g/mol. The van der Waals surface area contributed by atoms with Crippen LogP contribution >= 0.6 is 0 Å². The Morgan fingerprint density at radius 1 is 1.14 bits per heavy atom. The van der Waals surface area contributed by atoms with E-state index in [0.29, 0.717) is 39.6 Å². The van der Waals surface area contributed by atoms with E-state index >= 15 is 0 Å². The fraction of sp³-hybridized carbons (Fsp3) is 0.190. The predicted molar refractivity (Wildman–Crippen MR) is 111 cm³/mol. The lowest BCUT2D eigenvalue weighted by molar-refractivity contribution is -0.117. The summed E-state index contributed by atoms with van der Waals surface area (Å²) in [7, 11) is 0. The second-order valence-corrected chi connectivity index (χ2v) is 6.73. The smallest absolute Gasteiger partial charge is 0.274 e. The van der Waals surface area contributed by atoms with E-state index in [0.717, 1.165) is 0 Å². The summed E-state index contributed by atoms with van der Waals surface area (Å²) in [5.74, 6) is -0.898. The van der Waals surface area contributed by atoms with Crippen LogP contribution in [0.15, 0.2) is 58.4 Å². The molecule has 0 spiro atoms. The molecular weight excluding hydrogens is 370 g/mol. The standard InChI is InChI=1S/C21H19N5O3/c1-3-26-21(29)15-7-5-4-6-14(15)18(25-26)12(2)19(27)24-13-8-9-17-16(10-13)20(28)23-11-22-17/h4-12H,3H2,1-2H3,(H,24,27)(H,22,23,28). The van der Waals surface area contributed by atoms with E-state index in [9.17, 15) is 14.4 Å². The normalized spacial score (nSPS) is 12.2. The summed E-state index contributed by atoms with van der Waals surface area (Å²) >= 11 is 0. The Bertz CT molecular complexity index is 1360. The van der Waals surface area contributed by atoms with Crippen molar-refractivity contribution >= 4 is 33.3 Å². The molecule has 2 aromatic carbocycles. The Kier molecular flexibility index (Phi) is 4.67. The lowest BCUT2D eigenvalue weighted by atomic mass is 10.0. The number of fused-ring (bicyclic) bond motifs is 2. The van der Waals surface area contributed by atoms with Gasteiger partial charge >= 0.3 is 0 Å². The Balaban J connectivity index is 1.72. The molecule has 0 radical (unpaired) electrons. The molecule has 4 aromatic rings. The zero-order chi connectivity index (χ0) is 20.5. The van der Waals surface area contributed by atoms with Crippen LogP contribution in [0.25, 0.3) is 21.7 Å². The van der Waals surface area contributed by atoms with Crippen molar-refractivity contribution < 1.29 is 4.79 Å². The highest BCUT2D eigenvalue weighted by Gasteiger charge is 2.22. The van der Waals surface area contributed by atoms with Crippen molar-refractivity contribution in [2.24, 2.45) is 0 Å². The van der Waals surface area contributed by atoms with Crippen molar-refractivity contribution in [2.45, 2.75) is 26.3 Å². The van der Waals surface area contributed by atoms with Crippen LogP contribution in [0.4, 0.5) is 5.69 Å². The van der Waals surface area contributed by atoms with Crippen LogP contribution in [0, 0.1) is 0 Å². The summed E-state index contributed by atoms with van der Waals surface area (Å²) in [6.45, 7) is 3.98. The molecule has 0 bridgehead atoms. The molecule has 0 saturated heterocycles. The van der Waals surface area contributed by atoms with Gasteiger partial charge in [0.2, 0.25) is 5.91 Å². The van der Waals surface area contributed by atoms with Gasteiger partial charge in [-0.15, -0.1) is 0 Å². The Labute approximate surface area is 165 Å². The molecule has 2 heterocycles. The minimum absolute atomic E-state index is 0.180. The number of nitrogens with zero attached hydrogens (tertiary/aromatic N) is 3. The number of hydrogen-bond donors (Lipinski definition) is 2. The summed E-state index contributed by atoms with van der Waals surface area (Å²) in [6, 6.07) is 12.1. The number of nitrogens with one attached hydrogen (secondary N) is 2. The number of amides is 1. The van der Waals surface area contributed by atoms with Crippen molar-refractivity contribution in [3.63, 3.8) is 0 Å². The van der Waals surface area contributed by atoms with Crippen LogP contribution in [-0.2, 0) is 11.3 Å². The highest BCUT2D eigenvalue weighted by atomic mass is 16.2. The van der Waals surface area contributed by atoms with Gasteiger partial charge in [-0.3, -0.25) is 14.4 Å². The molecule has 1 atom stereocenters. The van der Waals surface area contributed by atoms with Crippen molar-refractivity contribution in [1.82, 2.24) is 19.7 Å². The van der Waals surface area contributed by atoms with Crippen LogP contribution in [-0.4, -0.2) is 25.7 Å². The van der Waals surface area contributed by atoms with E-state index in [4.69, 9.17) is 0 Å². The molecule has 29 heavy (non-hydrogen) atoms. The number of aromatic nitrogens is 4. The number of anilines is 1. The lowest BCUT2D eigenvalue weighted by Crippen LogP contribution is -2.27. The highest BCUT2D eigenvalue weighted by Crippen LogP contribution is 2.23. The third-order valence-corrected chi connectivity index (χ3v) is 4.91. The molecule has 8 heteroatoms. The van der Waals surface area contributed by atoms with Crippen molar-refractivity contribution in [1.29, 1.82) is 0 Å². The topological polar surface area (TPSA) is 110 Å². The Hall–Kier alpha value is -3.81. The van der Waals surface area contributed by atoms with Crippen molar-refractivity contribution in [3.05, 3.63) is 75.2 Å². The molecule has 2 aromatic heterocycles. The number of H-pyrrole nitrogens is 1. The molecule has 8 nitrogen and oxygen atoms in total. The lowest BCUT2D eigenvalue weighted by Gasteiger charge is -2.16. The average Bonchev–Trinajstić information content (AvgIpc) is 2.74. The van der Waals surface area contributed by atoms with Gasteiger partial charge in [0.1, 0.15) is 0 Å². The van der Waals surface area contributed by atoms with Crippen LogP contribution < -0.4 is 16.4 Å². The van der Waals surface area contributed by atoms with Crippen LogP contribution in [0.5, 0.6) is 0 Å². The molecule has 4 rings (SSSR count). The zero-order valence-electron chi connectivity index (χ0n) is 16.0. The quantitative estimate of drug-likeness (QED) is 0.557. The fourth-order valence-electron chi connectivity index (χ4n) is 3.32. The summed E-state index contributed by atoms with van der Waals surface area (Å²) in [5, 5.41) is 8.83. The van der Waals surface area contributed by atoms with E-state index < -0.39 is 5.92 Å². The first kappa shape index (κ1) is 18.5. The maximum absolute atomic E-state index is 12.9. The average molecular weight is 389 g/mol. The Morgan fingerprint density at radius 3 is 2.66 bits per heavy atom. The van der Waals surface area contributed by atoms with Crippen LogP contribution in [0.2, 0.25) is 0 Å². The number of aryl methyl sites for hydroxylation is 1. The molecule has 0 aliphatic carbocycles. The molecule has 146 valence electrons. The number of hydrogen-bond acceptors (Lipinski definition) is 5. The van der Waals surface area contributed by atoms with Gasteiger partial charge in [0.15, 0.2) is 0 Å². The van der Waals surface area contributed by atoms with E-state index in [1.54, 1.807) is 43.3 Å². The van der Waals surface area contributed by atoms with Gasteiger partial charge in [-0.2, -0.15) is 5.10 Å². The van der Waals surface area contributed by atoms with Gasteiger partial charge in [0.25, 0.3) is 11.1 Å². The first-order chi connectivity index (χ1) is 14.0. The number of aromatic amines is 1. The van der Waals surface area contributed by atoms with Gasteiger partial charge in [-0.25, -0.2) is 9.67 Å². The summed E-state index contributed by atoms with van der Waals surface area (Å²) in [4.78, 5) is 44.0. The van der Waals surface area contributed by atoms with E-state index in [-0.39, 0.29) is 17.0 Å². The fourth-order valence-corrected chi connectivity index (χ4v) is 3.32. The second-order valence-electron chi connectivity index (χ2n) is 6.73. The van der Waals surface area contributed by atoms with Crippen LogP contribution in [0.3, 0.4) is 0 Å². The predicted octanol–water partition coefficient (Wildman–Crippen LogP) is 2.40. The molecular formula is C21H19N5O3. The number of rotatable bonds is 4. The third-order valence-electron chi connectivity index (χ3n) is 4.91. The molecule has 0 aliphatic rings.